The smallest absolute Gasteiger partial charge is 0.0979 e. The monoisotopic (exact) mass is 226 g/mol. The molecule has 0 aromatic rings. The first-order chi connectivity index (χ1) is 7.69. The molecule has 0 aromatic carbocycles. The molecule has 0 aliphatic rings. The molecule has 0 fully saturated rings. The Morgan fingerprint density at radius 2 is 1.81 bits per heavy atom. The zero-order valence-corrected chi connectivity index (χ0v) is 11.9. The van der Waals surface area contributed by atoms with E-state index in [0.29, 0.717) is 12.0 Å². The van der Waals surface area contributed by atoms with Crippen LogP contribution in [0.15, 0.2) is 11.8 Å². The van der Waals surface area contributed by atoms with Gasteiger partial charge >= 0.3 is 0 Å². The predicted molar refractivity (Wildman–Crippen MR) is 72.5 cm³/mol. The van der Waals surface area contributed by atoms with Crippen LogP contribution < -0.4 is 0 Å². The molecular formula is C15H30O. The van der Waals surface area contributed by atoms with E-state index in [1.807, 2.05) is 0 Å². The second-order valence-electron chi connectivity index (χ2n) is 4.67. The van der Waals surface area contributed by atoms with E-state index in [0.717, 1.165) is 6.42 Å². The third kappa shape index (κ3) is 6.19. The first-order valence-electron chi connectivity index (χ1n) is 7.02. The van der Waals surface area contributed by atoms with Crippen LogP contribution >= 0.6 is 0 Å². The number of allylic oxidation sites excluding steroid dienone is 2. The van der Waals surface area contributed by atoms with Crippen molar-refractivity contribution in [1.29, 1.82) is 0 Å². The van der Waals surface area contributed by atoms with Crippen molar-refractivity contribution < 1.29 is 4.74 Å². The van der Waals surface area contributed by atoms with E-state index in [4.69, 9.17) is 4.74 Å². The van der Waals surface area contributed by atoms with Gasteiger partial charge in [-0.25, -0.2) is 0 Å². The number of rotatable bonds is 9. The van der Waals surface area contributed by atoms with E-state index in [1.165, 1.54) is 37.9 Å². The number of ether oxygens (including phenoxy) is 1. The topological polar surface area (TPSA) is 9.23 Å². The molecule has 0 aliphatic carbocycles. The number of unbranched alkanes of at least 4 members (excludes halogenated alkanes) is 1. The lowest BCUT2D eigenvalue weighted by atomic mass is 10.0. The highest BCUT2D eigenvalue weighted by atomic mass is 16.5. The normalized spacial score (nSPS) is 15.9. The molecule has 16 heavy (non-hydrogen) atoms. The third-order valence-corrected chi connectivity index (χ3v) is 3.13. The highest BCUT2D eigenvalue weighted by Crippen LogP contribution is 2.22. The SMILES string of the molecule is CC=C(OC(CC)CCC)C(C)CCCC. The summed E-state index contributed by atoms with van der Waals surface area (Å²) in [4.78, 5) is 0. The van der Waals surface area contributed by atoms with Crippen LogP contribution in [-0.2, 0) is 4.74 Å². The fourth-order valence-corrected chi connectivity index (χ4v) is 1.98. The average Bonchev–Trinajstić information content (AvgIpc) is 2.31. The molecular weight excluding hydrogens is 196 g/mol. The van der Waals surface area contributed by atoms with Gasteiger partial charge < -0.3 is 4.74 Å². The van der Waals surface area contributed by atoms with Crippen LogP contribution in [0, 0.1) is 5.92 Å². The minimum absolute atomic E-state index is 0.417. The van der Waals surface area contributed by atoms with E-state index in [9.17, 15) is 0 Å². The van der Waals surface area contributed by atoms with Crippen molar-refractivity contribution in [1.82, 2.24) is 0 Å². The molecule has 0 N–H and O–H groups in total. The van der Waals surface area contributed by atoms with Crippen LogP contribution in [-0.4, -0.2) is 6.10 Å². The molecule has 0 rings (SSSR count). The van der Waals surface area contributed by atoms with Gasteiger partial charge in [-0.3, -0.25) is 0 Å². The van der Waals surface area contributed by atoms with Gasteiger partial charge in [-0.15, -0.1) is 0 Å². The van der Waals surface area contributed by atoms with Crippen LogP contribution in [0.5, 0.6) is 0 Å². The Labute approximate surface area is 102 Å². The Balaban J connectivity index is 4.16. The molecule has 0 aromatic heterocycles. The van der Waals surface area contributed by atoms with Gasteiger partial charge in [0.1, 0.15) is 0 Å². The van der Waals surface area contributed by atoms with Gasteiger partial charge in [-0.05, 0) is 32.3 Å². The lowest BCUT2D eigenvalue weighted by molar-refractivity contribution is 0.0823. The maximum Gasteiger partial charge on any atom is 0.0979 e. The van der Waals surface area contributed by atoms with Crippen molar-refractivity contribution in [3.8, 4) is 0 Å². The minimum Gasteiger partial charge on any atom is -0.495 e. The zero-order chi connectivity index (χ0) is 12.4. The summed E-state index contributed by atoms with van der Waals surface area (Å²) >= 11 is 0. The molecule has 0 radical (unpaired) electrons. The Bertz CT molecular complexity index is 184. The van der Waals surface area contributed by atoms with E-state index in [1.54, 1.807) is 0 Å². The molecule has 0 saturated heterocycles. The van der Waals surface area contributed by atoms with Gasteiger partial charge in [-0.1, -0.05) is 47.0 Å². The van der Waals surface area contributed by atoms with Crippen molar-refractivity contribution in [2.75, 3.05) is 0 Å². The average molecular weight is 226 g/mol. The molecule has 0 heterocycles. The van der Waals surface area contributed by atoms with E-state index >= 15 is 0 Å². The highest BCUT2D eigenvalue weighted by molar-refractivity contribution is 4.96. The lowest BCUT2D eigenvalue weighted by Gasteiger charge is -2.23. The zero-order valence-electron chi connectivity index (χ0n) is 11.9. The second kappa shape index (κ2) is 9.74. The lowest BCUT2D eigenvalue weighted by Crippen LogP contribution is -2.14. The summed E-state index contributed by atoms with van der Waals surface area (Å²) in [5.41, 5.74) is 0. The molecule has 1 nitrogen and oxygen atoms in total. The first-order valence-corrected chi connectivity index (χ1v) is 7.02. The van der Waals surface area contributed by atoms with E-state index < -0.39 is 0 Å². The van der Waals surface area contributed by atoms with Gasteiger partial charge in [-0.2, -0.15) is 0 Å². The summed E-state index contributed by atoms with van der Waals surface area (Å²) < 4.78 is 6.11. The second-order valence-corrected chi connectivity index (χ2v) is 4.67. The van der Waals surface area contributed by atoms with Crippen LogP contribution in [0.2, 0.25) is 0 Å². The molecule has 0 aliphatic heterocycles. The van der Waals surface area contributed by atoms with Crippen LogP contribution in [0.4, 0.5) is 0 Å². The maximum absolute atomic E-state index is 6.11. The standard InChI is InChI=1S/C15H30O/c1-6-10-12-13(5)15(9-4)16-14(8-3)11-7-2/h9,13-14H,6-8,10-12H2,1-5H3. The Morgan fingerprint density at radius 1 is 1.12 bits per heavy atom. The third-order valence-electron chi connectivity index (χ3n) is 3.13. The molecule has 0 saturated carbocycles. The highest BCUT2D eigenvalue weighted by Gasteiger charge is 2.13. The molecule has 1 heteroatoms. The fourth-order valence-electron chi connectivity index (χ4n) is 1.98. The summed E-state index contributed by atoms with van der Waals surface area (Å²) in [5.74, 6) is 1.78. The van der Waals surface area contributed by atoms with Crippen molar-refractivity contribution in [3.05, 3.63) is 11.8 Å². The molecule has 0 amide bonds. The molecule has 0 spiro atoms. The van der Waals surface area contributed by atoms with Crippen molar-refractivity contribution >= 4 is 0 Å². The number of hydrogen-bond acceptors (Lipinski definition) is 1. The van der Waals surface area contributed by atoms with Crippen molar-refractivity contribution in [2.24, 2.45) is 5.92 Å². The Morgan fingerprint density at radius 3 is 2.25 bits per heavy atom. The molecule has 96 valence electrons. The molecule has 2 unspecified atom stereocenters. The van der Waals surface area contributed by atoms with Crippen LogP contribution in [0.3, 0.4) is 0 Å². The summed E-state index contributed by atoms with van der Waals surface area (Å²) in [6.07, 6.45) is 9.89. The summed E-state index contributed by atoms with van der Waals surface area (Å²) in [5, 5.41) is 0. The van der Waals surface area contributed by atoms with Crippen molar-refractivity contribution in [2.45, 2.75) is 79.2 Å². The van der Waals surface area contributed by atoms with Gasteiger partial charge in [0.05, 0.1) is 11.9 Å². The minimum atomic E-state index is 0.417. The number of hydrogen-bond donors (Lipinski definition) is 0. The Kier molecular flexibility index (Phi) is 9.46. The van der Waals surface area contributed by atoms with Crippen LogP contribution in [0.1, 0.15) is 73.1 Å². The van der Waals surface area contributed by atoms with Gasteiger partial charge in [0.25, 0.3) is 0 Å². The van der Waals surface area contributed by atoms with Gasteiger partial charge in [0, 0.05) is 5.92 Å². The van der Waals surface area contributed by atoms with Crippen LogP contribution in [0.25, 0.3) is 0 Å². The quantitative estimate of drug-likeness (QED) is 0.484. The molecule has 0 bridgehead atoms. The predicted octanol–water partition coefficient (Wildman–Crippen LogP) is 5.31. The maximum atomic E-state index is 6.11. The largest absolute Gasteiger partial charge is 0.495 e. The van der Waals surface area contributed by atoms with E-state index in [-0.39, 0.29) is 0 Å². The molecule has 2 atom stereocenters. The Hall–Kier alpha value is -0.460. The summed E-state index contributed by atoms with van der Waals surface area (Å²) in [6.45, 7) is 11.1. The first kappa shape index (κ1) is 15.5. The summed E-state index contributed by atoms with van der Waals surface area (Å²) in [6, 6.07) is 0. The van der Waals surface area contributed by atoms with Gasteiger partial charge in [0.15, 0.2) is 0 Å². The van der Waals surface area contributed by atoms with Gasteiger partial charge in [0.2, 0.25) is 0 Å². The fraction of sp³-hybridized carbons (Fsp3) is 0.867. The van der Waals surface area contributed by atoms with E-state index in [2.05, 4.69) is 40.7 Å². The van der Waals surface area contributed by atoms with Crippen molar-refractivity contribution in [3.63, 3.8) is 0 Å². The summed E-state index contributed by atoms with van der Waals surface area (Å²) in [7, 11) is 0.